The quantitative estimate of drug-likeness (QED) is 0.611. The van der Waals surface area contributed by atoms with Gasteiger partial charge in [0.1, 0.15) is 0 Å². The Balaban J connectivity index is 1.52. The molecule has 0 aromatic heterocycles. The molecule has 2 aliphatic heterocycles. The monoisotopic (exact) mass is 377 g/mol. The number of hydrogen-bond acceptors (Lipinski definition) is 3. The Hall–Kier alpha value is -1.46. The first-order valence-corrected chi connectivity index (χ1v) is 10.3. The van der Waals surface area contributed by atoms with Gasteiger partial charge in [0.05, 0.1) is 0 Å². The summed E-state index contributed by atoms with van der Waals surface area (Å²) in [5.74, 6) is 1.68. The maximum atomic E-state index is 6.13. The van der Waals surface area contributed by atoms with Gasteiger partial charge in [-0.1, -0.05) is 17.7 Å². The van der Waals surface area contributed by atoms with Gasteiger partial charge in [0, 0.05) is 42.9 Å². The zero-order valence-electron chi connectivity index (χ0n) is 16.0. The van der Waals surface area contributed by atoms with Crippen molar-refractivity contribution >= 4 is 23.2 Å². The van der Waals surface area contributed by atoms with Gasteiger partial charge in [-0.05, 0) is 70.4 Å². The van der Waals surface area contributed by atoms with E-state index in [-0.39, 0.29) is 0 Å². The predicted octanol–water partition coefficient (Wildman–Crippen LogP) is 2.82. The first-order valence-electron chi connectivity index (χ1n) is 9.88. The Morgan fingerprint density at radius 2 is 2.04 bits per heavy atom. The van der Waals surface area contributed by atoms with E-state index >= 15 is 0 Å². The molecule has 0 saturated carbocycles. The minimum atomic E-state index is 0.421. The van der Waals surface area contributed by atoms with Gasteiger partial charge in [0.15, 0.2) is 5.96 Å². The average Bonchev–Trinajstić information content (AvgIpc) is 3.10. The van der Waals surface area contributed by atoms with Gasteiger partial charge in [0.2, 0.25) is 0 Å². The highest BCUT2D eigenvalue weighted by Crippen LogP contribution is 2.23. The second-order valence-corrected chi connectivity index (χ2v) is 7.96. The summed E-state index contributed by atoms with van der Waals surface area (Å²) in [4.78, 5) is 9.68. The molecule has 2 fully saturated rings. The fourth-order valence-corrected chi connectivity index (χ4v) is 3.95. The lowest BCUT2D eigenvalue weighted by Crippen LogP contribution is -2.45. The van der Waals surface area contributed by atoms with Crippen LogP contribution in [0.15, 0.2) is 29.3 Å². The van der Waals surface area contributed by atoms with Gasteiger partial charge in [0.25, 0.3) is 0 Å². The molecule has 0 aliphatic carbocycles. The molecule has 5 nitrogen and oxygen atoms in total. The Morgan fingerprint density at radius 1 is 1.23 bits per heavy atom. The summed E-state index contributed by atoms with van der Waals surface area (Å²) < 4.78 is 0. The minimum Gasteiger partial charge on any atom is -0.369 e. The number of guanidine groups is 1. The van der Waals surface area contributed by atoms with Crippen LogP contribution in [0.2, 0.25) is 5.02 Å². The zero-order valence-corrected chi connectivity index (χ0v) is 16.8. The largest absolute Gasteiger partial charge is 0.369 e. The van der Waals surface area contributed by atoms with E-state index in [0.717, 1.165) is 43.6 Å². The lowest BCUT2D eigenvalue weighted by Gasteiger charge is -2.28. The smallest absolute Gasteiger partial charge is 0.191 e. The molecule has 1 unspecified atom stereocenters. The summed E-state index contributed by atoms with van der Waals surface area (Å²) in [5, 5.41) is 7.84. The first kappa shape index (κ1) is 19.3. The summed E-state index contributed by atoms with van der Waals surface area (Å²) in [7, 11) is 2.21. The molecule has 2 heterocycles. The third-order valence-electron chi connectivity index (χ3n) is 5.39. The van der Waals surface area contributed by atoms with E-state index in [9.17, 15) is 0 Å². The van der Waals surface area contributed by atoms with Crippen LogP contribution in [-0.2, 0) is 0 Å². The number of hydrogen-bond donors (Lipinski definition) is 2. The molecule has 0 radical (unpaired) electrons. The number of benzene rings is 1. The second-order valence-electron chi connectivity index (χ2n) is 7.52. The number of rotatable bonds is 5. The normalized spacial score (nSPS) is 22.7. The summed E-state index contributed by atoms with van der Waals surface area (Å²) in [5.41, 5.74) is 1.20. The van der Waals surface area contributed by atoms with E-state index in [2.05, 4.69) is 40.5 Å². The number of piperidine rings is 1. The van der Waals surface area contributed by atoms with Gasteiger partial charge in [-0.3, -0.25) is 4.99 Å². The number of nitrogens with one attached hydrogen (secondary N) is 2. The molecule has 0 bridgehead atoms. The van der Waals surface area contributed by atoms with Crippen LogP contribution in [0.1, 0.15) is 26.2 Å². The van der Waals surface area contributed by atoms with Crippen molar-refractivity contribution < 1.29 is 0 Å². The van der Waals surface area contributed by atoms with E-state index in [0.29, 0.717) is 12.0 Å². The van der Waals surface area contributed by atoms with E-state index in [4.69, 9.17) is 16.6 Å². The van der Waals surface area contributed by atoms with Gasteiger partial charge in [-0.2, -0.15) is 0 Å². The van der Waals surface area contributed by atoms with Crippen LogP contribution in [0.5, 0.6) is 0 Å². The topological polar surface area (TPSA) is 42.9 Å². The molecule has 1 aromatic carbocycles. The van der Waals surface area contributed by atoms with Crippen molar-refractivity contribution in [3.63, 3.8) is 0 Å². The van der Waals surface area contributed by atoms with Crippen molar-refractivity contribution in [1.29, 1.82) is 0 Å². The second kappa shape index (κ2) is 9.47. The van der Waals surface area contributed by atoms with Gasteiger partial charge < -0.3 is 20.4 Å². The third kappa shape index (κ3) is 5.52. The molecular formula is C20H32ClN5. The van der Waals surface area contributed by atoms with Crippen LogP contribution in [0, 0.1) is 5.92 Å². The van der Waals surface area contributed by atoms with E-state index in [1.165, 1.54) is 31.6 Å². The minimum absolute atomic E-state index is 0.421. The van der Waals surface area contributed by atoms with Gasteiger partial charge in [-0.25, -0.2) is 0 Å². The summed E-state index contributed by atoms with van der Waals surface area (Å²) >= 11 is 6.13. The Morgan fingerprint density at radius 3 is 2.77 bits per heavy atom. The third-order valence-corrected chi connectivity index (χ3v) is 5.63. The van der Waals surface area contributed by atoms with Crippen molar-refractivity contribution in [2.45, 2.75) is 32.2 Å². The molecule has 2 aliphatic rings. The summed E-state index contributed by atoms with van der Waals surface area (Å²) in [6, 6.07) is 8.54. The molecule has 1 aromatic rings. The van der Waals surface area contributed by atoms with Crippen LogP contribution >= 0.6 is 11.6 Å². The highest BCUT2D eigenvalue weighted by Gasteiger charge is 2.24. The predicted molar refractivity (Wildman–Crippen MR) is 111 cm³/mol. The molecule has 2 N–H and O–H groups in total. The molecule has 0 spiro atoms. The number of likely N-dealkylation sites (tertiary alicyclic amines) is 1. The first-order chi connectivity index (χ1) is 12.6. The highest BCUT2D eigenvalue weighted by atomic mass is 35.5. The standard InChI is InChI=1S/C20H32ClN5/c1-3-22-20(23-14-16-7-10-25(2)11-8-16)24-18-9-12-26(15-18)19-6-4-5-17(21)13-19/h4-6,13,16,18H,3,7-12,14-15H2,1-2H3,(H2,22,23,24). The van der Waals surface area contributed by atoms with Crippen molar-refractivity contribution in [1.82, 2.24) is 15.5 Å². The van der Waals surface area contributed by atoms with Crippen molar-refractivity contribution in [3.05, 3.63) is 29.3 Å². The maximum absolute atomic E-state index is 6.13. The lowest BCUT2D eigenvalue weighted by atomic mass is 9.97. The van der Waals surface area contributed by atoms with Crippen molar-refractivity contribution in [2.24, 2.45) is 10.9 Å². The molecule has 1 atom stereocenters. The zero-order chi connectivity index (χ0) is 18.4. The molecule has 144 valence electrons. The number of anilines is 1. The Bertz CT molecular complexity index is 598. The summed E-state index contributed by atoms with van der Waals surface area (Å²) in [6.45, 7) is 8.37. The molecule has 0 amide bonds. The molecule has 6 heteroatoms. The van der Waals surface area contributed by atoms with Crippen LogP contribution in [0.3, 0.4) is 0 Å². The van der Waals surface area contributed by atoms with Crippen molar-refractivity contribution in [2.75, 3.05) is 51.2 Å². The number of halogens is 1. The van der Waals surface area contributed by atoms with E-state index in [1.807, 2.05) is 18.2 Å². The van der Waals surface area contributed by atoms with Crippen LogP contribution in [0.4, 0.5) is 5.69 Å². The fourth-order valence-electron chi connectivity index (χ4n) is 3.76. The van der Waals surface area contributed by atoms with E-state index < -0.39 is 0 Å². The van der Waals surface area contributed by atoms with E-state index in [1.54, 1.807) is 0 Å². The van der Waals surface area contributed by atoms with Crippen LogP contribution in [0.25, 0.3) is 0 Å². The van der Waals surface area contributed by atoms with Gasteiger partial charge >= 0.3 is 0 Å². The SMILES string of the molecule is CCNC(=NCC1CCN(C)CC1)NC1CCN(c2cccc(Cl)c2)C1. The highest BCUT2D eigenvalue weighted by molar-refractivity contribution is 6.30. The molecule has 3 rings (SSSR count). The van der Waals surface area contributed by atoms with Gasteiger partial charge in [-0.15, -0.1) is 0 Å². The Kier molecular flexibility index (Phi) is 7.03. The molecule has 2 saturated heterocycles. The number of nitrogens with zero attached hydrogens (tertiary/aromatic N) is 3. The Labute approximate surface area is 162 Å². The molecular weight excluding hydrogens is 346 g/mol. The van der Waals surface area contributed by atoms with Crippen LogP contribution in [-0.4, -0.2) is 63.2 Å². The fraction of sp³-hybridized carbons (Fsp3) is 0.650. The summed E-state index contributed by atoms with van der Waals surface area (Å²) in [6.07, 6.45) is 3.63. The molecule has 26 heavy (non-hydrogen) atoms. The average molecular weight is 378 g/mol. The maximum Gasteiger partial charge on any atom is 0.191 e. The van der Waals surface area contributed by atoms with Crippen molar-refractivity contribution in [3.8, 4) is 0 Å². The lowest BCUT2D eigenvalue weighted by molar-refractivity contribution is 0.223. The number of aliphatic imine (C=N–C) groups is 1. The van der Waals surface area contributed by atoms with Crippen LogP contribution < -0.4 is 15.5 Å².